The summed E-state index contributed by atoms with van der Waals surface area (Å²) in [6, 6.07) is 8.36. The van der Waals surface area contributed by atoms with Crippen molar-refractivity contribution in [2.45, 2.75) is 46.8 Å². The lowest BCUT2D eigenvalue weighted by molar-refractivity contribution is 0.300. The van der Waals surface area contributed by atoms with Gasteiger partial charge in [0.2, 0.25) is 0 Å². The Balaban J connectivity index is 2.13. The van der Waals surface area contributed by atoms with Crippen molar-refractivity contribution in [3.63, 3.8) is 0 Å². The van der Waals surface area contributed by atoms with Crippen molar-refractivity contribution in [1.82, 2.24) is 0 Å². The zero-order valence-electron chi connectivity index (χ0n) is 12.7. The fourth-order valence-corrected chi connectivity index (χ4v) is 2.12. The first kappa shape index (κ1) is 14.7. The fraction of sp³-hybridized carbons (Fsp3) is 0.412. The number of hydrogen-bond acceptors (Lipinski definition) is 3. The van der Waals surface area contributed by atoms with E-state index in [9.17, 15) is 0 Å². The molecule has 0 aliphatic rings. The smallest absolute Gasteiger partial charge is 0.123 e. The summed E-state index contributed by atoms with van der Waals surface area (Å²) in [6.45, 7) is 9.30. The molecular weight excluding hydrogens is 250 g/mol. The maximum absolute atomic E-state index is 5.95. The topological polar surface area (TPSA) is 48.4 Å². The molecular formula is C17H23NO2. The van der Waals surface area contributed by atoms with Gasteiger partial charge in [0, 0.05) is 5.56 Å². The number of nitrogens with two attached hydrogens (primary N) is 1. The normalized spacial score (nSPS) is 11.1. The largest absolute Gasteiger partial charge is 0.488 e. The summed E-state index contributed by atoms with van der Waals surface area (Å²) in [7, 11) is 0. The van der Waals surface area contributed by atoms with Gasteiger partial charge < -0.3 is 14.9 Å². The molecule has 1 heterocycles. The van der Waals surface area contributed by atoms with Crippen molar-refractivity contribution in [3.05, 3.63) is 52.5 Å². The zero-order chi connectivity index (χ0) is 14.7. The number of hydrogen-bond donors (Lipinski definition) is 1. The molecule has 20 heavy (non-hydrogen) atoms. The third kappa shape index (κ3) is 3.23. The first-order valence-electron chi connectivity index (χ1n) is 7.03. The molecule has 0 atom stereocenters. The molecule has 2 aromatic rings. The first-order valence-corrected chi connectivity index (χ1v) is 7.03. The van der Waals surface area contributed by atoms with Crippen LogP contribution in [0, 0.1) is 13.8 Å². The molecule has 2 N–H and O–H groups in total. The van der Waals surface area contributed by atoms with Crippen molar-refractivity contribution < 1.29 is 9.15 Å². The minimum Gasteiger partial charge on any atom is -0.488 e. The lowest BCUT2D eigenvalue weighted by atomic mass is 10.0. The summed E-state index contributed by atoms with van der Waals surface area (Å²) < 4.78 is 11.5. The summed E-state index contributed by atoms with van der Waals surface area (Å²) in [5.41, 5.74) is 9.07. The molecule has 0 aliphatic heterocycles. The highest BCUT2D eigenvalue weighted by atomic mass is 16.5. The molecule has 0 saturated heterocycles. The highest BCUT2D eigenvalue weighted by molar-refractivity contribution is 5.38. The minimum absolute atomic E-state index is 0.419. The quantitative estimate of drug-likeness (QED) is 0.893. The van der Waals surface area contributed by atoms with Gasteiger partial charge in [-0.05, 0) is 43.0 Å². The zero-order valence-corrected chi connectivity index (χ0v) is 12.7. The SMILES string of the molecule is Cc1ccc(C(C)C)cc1OCc1cc(CN)oc1C. The average Bonchev–Trinajstić information content (AvgIpc) is 2.78. The van der Waals surface area contributed by atoms with E-state index in [1.54, 1.807) is 0 Å². The van der Waals surface area contributed by atoms with Crippen LogP contribution in [0.3, 0.4) is 0 Å². The van der Waals surface area contributed by atoms with Crippen molar-refractivity contribution in [1.29, 1.82) is 0 Å². The Morgan fingerprint density at radius 2 is 1.95 bits per heavy atom. The van der Waals surface area contributed by atoms with E-state index >= 15 is 0 Å². The first-order chi connectivity index (χ1) is 9.51. The lowest BCUT2D eigenvalue weighted by Gasteiger charge is -2.12. The van der Waals surface area contributed by atoms with Gasteiger partial charge in [-0.15, -0.1) is 0 Å². The predicted molar refractivity (Wildman–Crippen MR) is 80.9 cm³/mol. The van der Waals surface area contributed by atoms with E-state index in [2.05, 4.69) is 39.0 Å². The Morgan fingerprint density at radius 3 is 2.55 bits per heavy atom. The van der Waals surface area contributed by atoms with Gasteiger partial charge in [-0.3, -0.25) is 0 Å². The Morgan fingerprint density at radius 1 is 1.20 bits per heavy atom. The van der Waals surface area contributed by atoms with Crippen LogP contribution < -0.4 is 10.5 Å². The van der Waals surface area contributed by atoms with E-state index in [1.165, 1.54) is 5.56 Å². The molecule has 1 aromatic carbocycles. The van der Waals surface area contributed by atoms with Crippen molar-refractivity contribution in [2.24, 2.45) is 5.73 Å². The second kappa shape index (κ2) is 6.14. The summed E-state index contributed by atoms with van der Waals surface area (Å²) in [4.78, 5) is 0. The second-order valence-electron chi connectivity index (χ2n) is 5.47. The molecule has 1 aromatic heterocycles. The van der Waals surface area contributed by atoms with Crippen LogP contribution in [0.15, 0.2) is 28.7 Å². The number of furan rings is 1. The number of benzene rings is 1. The van der Waals surface area contributed by atoms with Gasteiger partial charge >= 0.3 is 0 Å². The number of aryl methyl sites for hydroxylation is 2. The fourth-order valence-electron chi connectivity index (χ4n) is 2.12. The van der Waals surface area contributed by atoms with Crippen LogP contribution >= 0.6 is 0 Å². The number of ether oxygens (including phenoxy) is 1. The van der Waals surface area contributed by atoms with Crippen LogP contribution in [-0.4, -0.2) is 0 Å². The Bertz CT molecular complexity index is 585. The summed E-state index contributed by atoms with van der Waals surface area (Å²) in [5, 5.41) is 0. The standard InChI is InChI=1S/C17H23NO2/c1-11(2)14-6-5-12(3)17(8-14)19-10-15-7-16(9-18)20-13(15)4/h5-8,11H,9-10,18H2,1-4H3. The van der Waals surface area contributed by atoms with Crippen molar-refractivity contribution in [2.75, 3.05) is 0 Å². The van der Waals surface area contributed by atoms with Crippen LogP contribution in [0.5, 0.6) is 5.75 Å². The van der Waals surface area contributed by atoms with Gasteiger partial charge in [-0.2, -0.15) is 0 Å². The van der Waals surface area contributed by atoms with Crippen LogP contribution in [0.4, 0.5) is 0 Å². The van der Waals surface area contributed by atoms with Gasteiger partial charge in [-0.25, -0.2) is 0 Å². The molecule has 0 aliphatic carbocycles. The third-order valence-corrected chi connectivity index (χ3v) is 3.53. The molecule has 0 unspecified atom stereocenters. The van der Waals surface area contributed by atoms with E-state index in [4.69, 9.17) is 14.9 Å². The third-order valence-electron chi connectivity index (χ3n) is 3.53. The molecule has 0 spiro atoms. The van der Waals surface area contributed by atoms with E-state index < -0.39 is 0 Å². The molecule has 0 radical (unpaired) electrons. The van der Waals surface area contributed by atoms with Gasteiger partial charge in [0.15, 0.2) is 0 Å². The predicted octanol–water partition coefficient (Wildman–Crippen LogP) is 4.06. The molecule has 3 heteroatoms. The maximum Gasteiger partial charge on any atom is 0.123 e. The molecule has 0 amide bonds. The van der Waals surface area contributed by atoms with Crippen molar-refractivity contribution in [3.8, 4) is 5.75 Å². The van der Waals surface area contributed by atoms with E-state index in [-0.39, 0.29) is 0 Å². The van der Waals surface area contributed by atoms with Gasteiger partial charge in [-0.1, -0.05) is 26.0 Å². The van der Waals surface area contributed by atoms with Crippen LogP contribution in [-0.2, 0) is 13.2 Å². The van der Waals surface area contributed by atoms with Crippen LogP contribution in [0.2, 0.25) is 0 Å². The molecule has 0 fully saturated rings. The Labute approximate surface area is 120 Å². The van der Waals surface area contributed by atoms with E-state index in [0.29, 0.717) is 19.1 Å². The highest BCUT2D eigenvalue weighted by Crippen LogP contribution is 2.25. The van der Waals surface area contributed by atoms with Gasteiger partial charge in [0.25, 0.3) is 0 Å². The highest BCUT2D eigenvalue weighted by Gasteiger charge is 2.09. The average molecular weight is 273 g/mol. The van der Waals surface area contributed by atoms with E-state index in [1.807, 2.05) is 13.0 Å². The summed E-state index contributed by atoms with van der Waals surface area (Å²) >= 11 is 0. The summed E-state index contributed by atoms with van der Waals surface area (Å²) in [5.74, 6) is 3.11. The summed E-state index contributed by atoms with van der Waals surface area (Å²) in [6.07, 6.45) is 0. The van der Waals surface area contributed by atoms with Crippen molar-refractivity contribution >= 4 is 0 Å². The van der Waals surface area contributed by atoms with Crippen LogP contribution in [0.25, 0.3) is 0 Å². The molecule has 108 valence electrons. The molecule has 0 bridgehead atoms. The Hall–Kier alpha value is -1.74. The maximum atomic E-state index is 5.95. The number of rotatable bonds is 5. The van der Waals surface area contributed by atoms with Gasteiger partial charge in [0.1, 0.15) is 23.9 Å². The molecule has 2 rings (SSSR count). The van der Waals surface area contributed by atoms with E-state index in [0.717, 1.165) is 28.4 Å². The van der Waals surface area contributed by atoms with Crippen LogP contribution in [0.1, 0.15) is 48.0 Å². The lowest BCUT2D eigenvalue weighted by Crippen LogP contribution is -1.99. The second-order valence-corrected chi connectivity index (χ2v) is 5.47. The van der Waals surface area contributed by atoms with Gasteiger partial charge in [0.05, 0.1) is 6.54 Å². The monoisotopic (exact) mass is 273 g/mol. The molecule has 0 saturated carbocycles. The Kier molecular flexibility index (Phi) is 4.50. The minimum atomic E-state index is 0.419. The molecule has 3 nitrogen and oxygen atoms in total.